The Labute approximate surface area is 521 Å². The van der Waals surface area contributed by atoms with Crippen LogP contribution in [0.5, 0.6) is 0 Å². The molecule has 85 heavy (non-hydrogen) atoms. The van der Waals surface area contributed by atoms with Crippen LogP contribution < -0.4 is 5.11 Å². The van der Waals surface area contributed by atoms with Gasteiger partial charge in [0.25, 0.3) is 0 Å². The van der Waals surface area contributed by atoms with Gasteiger partial charge in [-0.25, -0.2) is 0 Å². The van der Waals surface area contributed by atoms with Crippen molar-refractivity contribution in [2.75, 3.05) is 47.5 Å². The molecule has 0 fully saturated rings. The lowest BCUT2D eigenvalue weighted by molar-refractivity contribution is -0.870. The van der Waals surface area contributed by atoms with Crippen LogP contribution in [0.4, 0.5) is 0 Å². The average molecular weight is 1180 g/mol. The summed E-state index contributed by atoms with van der Waals surface area (Å²) in [6.07, 6.45) is 93.1. The largest absolute Gasteiger partial charge is 0.545 e. The molecule has 0 radical (unpaired) electrons. The number of quaternary nitrogens is 1. The number of allylic oxidation sites excluding steroid dienone is 26. The monoisotopic (exact) mass is 1180 g/mol. The number of carbonyl (C=O) groups excluding carboxylic acids is 3. The number of hydrogen-bond acceptors (Lipinski definition) is 8. The highest BCUT2D eigenvalue weighted by atomic mass is 16.7. The van der Waals surface area contributed by atoms with Crippen LogP contribution in [0, 0.1) is 0 Å². The van der Waals surface area contributed by atoms with E-state index in [0.29, 0.717) is 17.4 Å². The molecule has 0 aliphatic carbocycles. The van der Waals surface area contributed by atoms with Gasteiger partial charge < -0.3 is 33.3 Å². The van der Waals surface area contributed by atoms with Crippen molar-refractivity contribution in [1.82, 2.24) is 0 Å². The molecule has 0 saturated carbocycles. The van der Waals surface area contributed by atoms with Crippen molar-refractivity contribution < 1.29 is 42.9 Å². The summed E-state index contributed by atoms with van der Waals surface area (Å²) < 4.78 is 22.7. The Bertz CT molecular complexity index is 1950. The van der Waals surface area contributed by atoms with Gasteiger partial charge in [0.15, 0.2) is 12.4 Å². The second-order valence-electron chi connectivity index (χ2n) is 23.0. The molecule has 0 rings (SSSR count). The minimum Gasteiger partial charge on any atom is -0.545 e. The van der Waals surface area contributed by atoms with E-state index in [9.17, 15) is 19.5 Å². The molecule has 2 unspecified atom stereocenters. The van der Waals surface area contributed by atoms with Gasteiger partial charge in [-0.05, 0) is 122 Å². The molecule has 0 aromatic rings. The van der Waals surface area contributed by atoms with Gasteiger partial charge in [-0.2, -0.15) is 0 Å². The Morgan fingerprint density at radius 2 is 0.635 bits per heavy atom. The number of unbranched alkanes of at least 4 members (excludes halogenated alkanes) is 19. The number of carboxylic acids is 1. The van der Waals surface area contributed by atoms with Crippen LogP contribution in [0.25, 0.3) is 0 Å². The number of carbonyl (C=O) groups is 3. The number of esters is 2. The number of carboxylic acid groups (broad SMARTS) is 1. The molecule has 0 aliphatic rings. The van der Waals surface area contributed by atoms with E-state index in [1.165, 1.54) is 70.6 Å². The van der Waals surface area contributed by atoms with Crippen molar-refractivity contribution in [3.63, 3.8) is 0 Å². The summed E-state index contributed by atoms with van der Waals surface area (Å²) in [5.74, 6) is -2.31. The number of likely N-dealkylation sites (N-methyl/N-ethyl adjacent to an activating group) is 1. The van der Waals surface area contributed by atoms with E-state index in [4.69, 9.17) is 18.9 Å². The smallest absolute Gasteiger partial charge is 0.306 e. The summed E-state index contributed by atoms with van der Waals surface area (Å²) in [6.45, 7) is 4.50. The van der Waals surface area contributed by atoms with Crippen molar-refractivity contribution >= 4 is 17.9 Å². The summed E-state index contributed by atoms with van der Waals surface area (Å²) in [5, 5.41) is 11.8. The topological polar surface area (TPSA) is 111 Å². The van der Waals surface area contributed by atoms with Gasteiger partial charge in [0, 0.05) is 12.8 Å². The molecule has 0 amide bonds. The summed E-state index contributed by atoms with van der Waals surface area (Å²) in [4.78, 5) is 37.4. The van der Waals surface area contributed by atoms with Gasteiger partial charge in [0.1, 0.15) is 13.2 Å². The van der Waals surface area contributed by atoms with E-state index in [-0.39, 0.29) is 38.6 Å². The minimum atomic E-state index is -1.63. The van der Waals surface area contributed by atoms with E-state index < -0.39 is 24.3 Å². The van der Waals surface area contributed by atoms with Crippen molar-refractivity contribution in [2.24, 2.45) is 0 Å². The second-order valence-corrected chi connectivity index (χ2v) is 23.0. The van der Waals surface area contributed by atoms with E-state index in [1.807, 2.05) is 21.1 Å². The summed E-state index contributed by atoms with van der Waals surface area (Å²) >= 11 is 0. The molecular formula is C76H123NO8. The molecule has 0 aromatic carbocycles. The fourth-order valence-corrected chi connectivity index (χ4v) is 8.70. The Hall–Kier alpha value is -5.09. The molecule has 9 nitrogen and oxygen atoms in total. The molecule has 0 N–H and O–H groups in total. The maximum absolute atomic E-state index is 12.9. The number of rotatable bonds is 60. The molecule has 0 aliphatic heterocycles. The van der Waals surface area contributed by atoms with Gasteiger partial charge in [0.2, 0.25) is 0 Å². The van der Waals surface area contributed by atoms with Gasteiger partial charge in [0.05, 0.1) is 40.3 Å². The molecule has 2 atom stereocenters. The lowest BCUT2D eigenvalue weighted by Crippen LogP contribution is -2.44. The van der Waals surface area contributed by atoms with Gasteiger partial charge in [-0.15, -0.1) is 0 Å². The van der Waals surface area contributed by atoms with Gasteiger partial charge >= 0.3 is 11.9 Å². The number of ether oxygens (including phenoxy) is 4. The first-order chi connectivity index (χ1) is 41.6. The van der Waals surface area contributed by atoms with Crippen molar-refractivity contribution in [2.45, 2.75) is 257 Å². The van der Waals surface area contributed by atoms with Crippen LogP contribution in [0.1, 0.15) is 245 Å². The van der Waals surface area contributed by atoms with Gasteiger partial charge in [-0.3, -0.25) is 9.59 Å². The molecule has 480 valence electrons. The number of nitrogens with zero attached hydrogens (tertiary/aromatic N) is 1. The third-order valence-electron chi connectivity index (χ3n) is 13.8. The average Bonchev–Trinajstić information content (AvgIpc) is 3.49. The molecule has 0 bridgehead atoms. The normalized spacial score (nSPS) is 13.8. The quantitative estimate of drug-likeness (QED) is 0.0195. The Morgan fingerprint density at radius 3 is 0.941 bits per heavy atom. The predicted octanol–water partition coefficient (Wildman–Crippen LogP) is 19.6. The zero-order valence-corrected chi connectivity index (χ0v) is 54.7. The SMILES string of the molecule is CC/C=C\C/C=C\C/C=C\C/C=C\C/C=C\C/C=C\C/C=C\C/C=C\C/C=C\CCCCCCCCCCCCCC(=O)OC(COC(=O)CCCCCCCCCC/C=C\C/C=C\C/C=C\C/C=C\CC)COC(OCC[N+](C)(C)C)C(=O)[O-]. The molecule has 9 heteroatoms. The second kappa shape index (κ2) is 64.9. The Balaban J connectivity index is 4.17. The van der Waals surface area contributed by atoms with Crippen molar-refractivity contribution in [3.05, 3.63) is 158 Å². The highest BCUT2D eigenvalue weighted by Crippen LogP contribution is 2.15. The summed E-state index contributed by atoms with van der Waals surface area (Å²) in [7, 11) is 5.91. The van der Waals surface area contributed by atoms with E-state index in [0.717, 1.165) is 141 Å². The summed E-state index contributed by atoms with van der Waals surface area (Å²) in [5.41, 5.74) is 0. The van der Waals surface area contributed by atoms with Gasteiger partial charge in [-0.1, -0.05) is 268 Å². The first-order valence-electron chi connectivity index (χ1n) is 33.6. The van der Waals surface area contributed by atoms with Crippen LogP contribution in [-0.4, -0.2) is 82.3 Å². The first-order valence-corrected chi connectivity index (χ1v) is 33.6. The minimum absolute atomic E-state index is 0.138. The van der Waals surface area contributed by atoms with E-state index in [2.05, 4.69) is 172 Å². The van der Waals surface area contributed by atoms with Crippen LogP contribution >= 0.6 is 0 Å². The van der Waals surface area contributed by atoms with Crippen LogP contribution in [0.2, 0.25) is 0 Å². The first kappa shape index (κ1) is 79.9. The summed E-state index contributed by atoms with van der Waals surface area (Å²) in [6, 6.07) is 0. The maximum Gasteiger partial charge on any atom is 0.306 e. The number of aliphatic carboxylic acids is 1. The van der Waals surface area contributed by atoms with Crippen LogP contribution in [0.3, 0.4) is 0 Å². The lowest BCUT2D eigenvalue weighted by atomic mass is 10.0. The van der Waals surface area contributed by atoms with Crippen molar-refractivity contribution in [1.29, 1.82) is 0 Å². The molecule has 0 spiro atoms. The van der Waals surface area contributed by atoms with Crippen molar-refractivity contribution in [3.8, 4) is 0 Å². The fraction of sp³-hybridized carbons (Fsp3) is 0.618. The third-order valence-corrected chi connectivity index (χ3v) is 13.8. The molecular weight excluding hydrogens is 1050 g/mol. The van der Waals surface area contributed by atoms with Crippen LogP contribution in [-0.2, 0) is 33.3 Å². The fourth-order valence-electron chi connectivity index (χ4n) is 8.70. The maximum atomic E-state index is 12.9. The standard InChI is InChI=1S/C76H123NO8/c1-6-8-10-12-14-16-18-20-22-24-26-28-29-30-31-32-33-34-35-36-37-38-39-40-41-42-43-44-45-47-49-51-53-55-57-59-61-63-65-67-74(79)85-72(71-84-76(75(80)81)82-69-68-77(3,4)5)70-83-73(78)66-64-62-60-58-56-54-52-50-48-46-27-25-23-21-19-17-15-13-11-9-7-2/h8-11,14-17,20-23,26-28,30-31,33-34,36-37,39-40,42-43,46,72,76H,6-7,12-13,18-19,24-25,29,32,35,38,41,44-45,47-71H2,1-5H3/b10-8-,11-9-,16-14-,17-15-,22-20-,23-21-,28-26-,31-30-,34-33-,37-36-,40-39-,43-42-,46-27-. The number of hydrogen-bond donors (Lipinski definition) is 0. The highest BCUT2D eigenvalue weighted by Gasteiger charge is 2.22. The Kier molecular flexibility index (Phi) is 61.0. The molecule has 0 heterocycles. The Morgan fingerprint density at radius 1 is 0.353 bits per heavy atom. The zero-order valence-electron chi connectivity index (χ0n) is 54.7. The molecule has 0 aromatic heterocycles. The highest BCUT2D eigenvalue weighted by molar-refractivity contribution is 5.70. The third kappa shape index (κ3) is 66.3. The predicted molar refractivity (Wildman–Crippen MR) is 361 cm³/mol. The molecule has 0 saturated heterocycles. The zero-order chi connectivity index (χ0) is 61.9. The van der Waals surface area contributed by atoms with E-state index in [1.54, 1.807) is 0 Å². The van der Waals surface area contributed by atoms with E-state index >= 15 is 0 Å². The lowest BCUT2D eigenvalue weighted by Gasteiger charge is -2.26. The van der Waals surface area contributed by atoms with Crippen LogP contribution in [0.15, 0.2) is 158 Å².